The Kier molecular flexibility index (Phi) is 7.84. The van der Waals surface area contributed by atoms with Gasteiger partial charge in [-0.15, -0.1) is 12.4 Å². The maximum absolute atomic E-state index is 6.14. The lowest BCUT2D eigenvalue weighted by atomic mass is 10.2. The summed E-state index contributed by atoms with van der Waals surface area (Å²) in [7, 11) is 0. The van der Waals surface area contributed by atoms with Crippen LogP contribution in [0.25, 0.3) is 11.8 Å². The molecule has 0 spiro atoms. The average Bonchev–Trinajstić information content (AvgIpc) is 3.09. The Morgan fingerprint density at radius 1 is 0.933 bits per heavy atom. The molecule has 30 heavy (non-hydrogen) atoms. The molecule has 158 valence electrons. The Labute approximate surface area is 194 Å². The molecule has 4 rings (SSSR count). The molecule has 1 aliphatic heterocycles. The number of hydrogen-bond donors (Lipinski definition) is 0. The van der Waals surface area contributed by atoms with Crippen LogP contribution in [0.15, 0.2) is 60.8 Å². The first-order chi connectivity index (χ1) is 14.1. The first-order valence-electron chi connectivity index (χ1n) is 9.80. The molecule has 1 fully saturated rings. The second-order valence-electron chi connectivity index (χ2n) is 7.25. The molecule has 0 radical (unpaired) electrons. The lowest BCUT2D eigenvalue weighted by molar-refractivity contribution is 0.284. The van der Waals surface area contributed by atoms with Crippen molar-refractivity contribution in [1.82, 2.24) is 14.7 Å². The van der Waals surface area contributed by atoms with E-state index in [-0.39, 0.29) is 12.4 Å². The zero-order chi connectivity index (χ0) is 20.2. The molecule has 4 nitrogen and oxygen atoms in total. The van der Waals surface area contributed by atoms with E-state index in [0.717, 1.165) is 55.4 Å². The fraction of sp³-hybridized carbons (Fsp3) is 0.261. The molecule has 0 aliphatic carbocycles. The molecule has 1 aliphatic rings. The van der Waals surface area contributed by atoms with Gasteiger partial charge < -0.3 is 4.90 Å². The van der Waals surface area contributed by atoms with E-state index in [1.807, 2.05) is 41.2 Å². The molecule has 0 atom stereocenters. The number of hydrogen-bond acceptors (Lipinski definition) is 3. The minimum Gasteiger partial charge on any atom is -0.369 e. The monoisotopic (exact) mass is 462 g/mol. The first-order valence-corrected chi connectivity index (χ1v) is 10.6. The number of anilines is 1. The van der Waals surface area contributed by atoms with Gasteiger partial charge in [0.25, 0.3) is 0 Å². The van der Waals surface area contributed by atoms with Crippen LogP contribution in [0.3, 0.4) is 0 Å². The van der Waals surface area contributed by atoms with E-state index in [4.69, 9.17) is 23.2 Å². The maximum atomic E-state index is 6.14. The summed E-state index contributed by atoms with van der Waals surface area (Å²) < 4.78 is 1.98. The average molecular weight is 464 g/mol. The van der Waals surface area contributed by atoms with Crippen LogP contribution < -0.4 is 4.90 Å². The number of rotatable bonds is 5. The summed E-state index contributed by atoms with van der Waals surface area (Å²) in [6, 6.07) is 16.0. The summed E-state index contributed by atoms with van der Waals surface area (Å²) in [5.41, 5.74) is 4.49. The van der Waals surface area contributed by atoms with E-state index in [1.165, 1.54) is 0 Å². The van der Waals surface area contributed by atoms with Crippen LogP contribution in [-0.4, -0.2) is 47.4 Å². The lowest BCUT2D eigenvalue weighted by Crippen LogP contribution is -2.46. The van der Waals surface area contributed by atoms with Crippen molar-refractivity contribution < 1.29 is 0 Å². The van der Waals surface area contributed by atoms with Crippen molar-refractivity contribution in [2.75, 3.05) is 37.6 Å². The molecule has 0 saturated carbocycles. The highest BCUT2D eigenvalue weighted by Crippen LogP contribution is 2.26. The van der Waals surface area contributed by atoms with Gasteiger partial charge >= 0.3 is 0 Å². The number of halogens is 3. The molecular formula is C23H25Cl3N4. The van der Waals surface area contributed by atoms with Crippen LogP contribution in [0.4, 0.5) is 5.69 Å². The van der Waals surface area contributed by atoms with Crippen LogP contribution in [-0.2, 0) is 0 Å². The van der Waals surface area contributed by atoms with E-state index >= 15 is 0 Å². The molecular weight excluding hydrogens is 439 g/mol. The van der Waals surface area contributed by atoms with Gasteiger partial charge in [-0.25, -0.2) is 4.68 Å². The minimum absolute atomic E-state index is 0. The summed E-state index contributed by atoms with van der Waals surface area (Å²) in [5, 5.41) is 5.90. The third-order valence-electron chi connectivity index (χ3n) is 5.29. The second kappa shape index (κ2) is 10.4. The summed E-state index contributed by atoms with van der Waals surface area (Å²) >= 11 is 12.3. The van der Waals surface area contributed by atoms with Gasteiger partial charge in [-0.05, 0) is 37.3 Å². The van der Waals surface area contributed by atoms with Crippen LogP contribution in [0.5, 0.6) is 0 Å². The number of nitrogens with zero attached hydrogens (tertiary/aromatic N) is 4. The molecule has 2 aromatic carbocycles. The molecule has 0 N–H and O–H groups in total. The third kappa shape index (κ3) is 5.38. The second-order valence-corrected chi connectivity index (χ2v) is 8.12. The van der Waals surface area contributed by atoms with E-state index in [2.05, 4.69) is 46.1 Å². The van der Waals surface area contributed by atoms with Gasteiger partial charge in [0.15, 0.2) is 0 Å². The molecule has 1 saturated heterocycles. The van der Waals surface area contributed by atoms with Gasteiger partial charge in [-0.1, -0.05) is 53.6 Å². The Morgan fingerprint density at radius 3 is 2.27 bits per heavy atom. The molecule has 3 aromatic rings. The number of benzene rings is 2. The SMILES string of the molecule is Cc1c(C=CCN2CCN(c3cc(Cl)cc(Cl)c3)CC2)cnn1-c1ccccc1.Cl. The number of aromatic nitrogens is 2. The van der Waals surface area contributed by atoms with Crippen molar-refractivity contribution in [3.8, 4) is 5.69 Å². The lowest BCUT2D eigenvalue weighted by Gasteiger charge is -2.35. The smallest absolute Gasteiger partial charge is 0.0648 e. The van der Waals surface area contributed by atoms with Crippen LogP contribution in [0, 0.1) is 6.92 Å². The number of piperazine rings is 1. The largest absolute Gasteiger partial charge is 0.369 e. The third-order valence-corrected chi connectivity index (χ3v) is 5.73. The van der Waals surface area contributed by atoms with Crippen LogP contribution in [0.1, 0.15) is 11.3 Å². The van der Waals surface area contributed by atoms with Gasteiger partial charge in [-0.2, -0.15) is 5.10 Å². The fourth-order valence-electron chi connectivity index (χ4n) is 3.65. The van der Waals surface area contributed by atoms with Crippen LogP contribution in [0.2, 0.25) is 10.0 Å². The highest BCUT2D eigenvalue weighted by atomic mass is 35.5. The maximum Gasteiger partial charge on any atom is 0.0648 e. The summed E-state index contributed by atoms with van der Waals surface area (Å²) in [5.74, 6) is 0. The van der Waals surface area contributed by atoms with Crippen molar-refractivity contribution in [2.45, 2.75) is 6.92 Å². The normalized spacial score (nSPS) is 14.8. The standard InChI is InChI=1S/C23H24Cl2N4.ClH/c1-18-19(17-26-29(18)22-7-3-2-4-8-22)6-5-9-27-10-12-28(13-11-27)23-15-20(24)14-21(25)16-23;/h2-8,14-17H,9-13H2,1H3;1H. The number of para-hydroxylation sites is 1. The molecule has 0 amide bonds. The Bertz CT molecular complexity index is 973. The van der Waals surface area contributed by atoms with Crippen molar-refractivity contribution in [2.24, 2.45) is 0 Å². The van der Waals surface area contributed by atoms with E-state index in [9.17, 15) is 0 Å². The predicted molar refractivity (Wildman–Crippen MR) is 130 cm³/mol. The van der Waals surface area contributed by atoms with Gasteiger partial charge in [0.1, 0.15) is 0 Å². The molecule has 2 heterocycles. The molecule has 7 heteroatoms. The molecule has 1 aromatic heterocycles. The van der Waals surface area contributed by atoms with Crippen molar-refractivity contribution in [3.05, 3.63) is 82.1 Å². The van der Waals surface area contributed by atoms with Gasteiger partial charge in [0.2, 0.25) is 0 Å². The quantitative estimate of drug-likeness (QED) is 0.482. The van der Waals surface area contributed by atoms with Gasteiger partial charge in [-0.3, -0.25) is 4.90 Å². The van der Waals surface area contributed by atoms with Crippen molar-refractivity contribution >= 4 is 47.4 Å². The first kappa shape index (κ1) is 22.7. The Hall–Kier alpha value is -1.98. The fourth-order valence-corrected chi connectivity index (χ4v) is 4.17. The van der Waals surface area contributed by atoms with E-state index in [1.54, 1.807) is 6.07 Å². The highest BCUT2D eigenvalue weighted by Gasteiger charge is 2.17. The Balaban J connectivity index is 0.00000256. The van der Waals surface area contributed by atoms with Crippen molar-refractivity contribution in [1.29, 1.82) is 0 Å². The van der Waals surface area contributed by atoms with Crippen molar-refractivity contribution in [3.63, 3.8) is 0 Å². The molecule has 0 bridgehead atoms. The van der Waals surface area contributed by atoms with Gasteiger partial charge in [0, 0.05) is 59.7 Å². The summed E-state index contributed by atoms with van der Waals surface area (Å²) in [6.45, 7) is 6.99. The van der Waals surface area contributed by atoms with E-state index in [0.29, 0.717) is 10.0 Å². The predicted octanol–water partition coefficient (Wildman–Crippen LogP) is 5.74. The Morgan fingerprint density at radius 2 is 1.60 bits per heavy atom. The topological polar surface area (TPSA) is 24.3 Å². The highest BCUT2D eigenvalue weighted by molar-refractivity contribution is 6.35. The van der Waals surface area contributed by atoms with Crippen LogP contribution >= 0.6 is 35.6 Å². The van der Waals surface area contributed by atoms with Gasteiger partial charge in [0.05, 0.1) is 11.9 Å². The summed E-state index contributed by atoms with van der Waals surface area (Å²) in [4.78, 5) is 4.79. The minimum atomic E-state index is 0. The zero-order valence-electron chi connectivity index (χ0n) is 16.8. The van der Waals surface area contributed by atoms with E-state index < -0.39 is 0 Å². The zero-order valence-corrected chi connectivity index (χ0v) is 19.2. The summed E-state index contributed by atoms with van der Waals surface area (Å²) in [6.07, 6.45) is 6.33. The molecule has 0 unspecified atom stereocenters.